The van der Waals surface area contributed by atoms with Crippen LogP contribution in [-0.2, 0) is 4.74 Å². The van der Waals surface area contributed by atoms with E-state index >= 15 is 0 Å². The fourth-order valence-electron chi connectivity index (χ4n) is 1.94. The number of hydrogen-bond acceptors (Lipinski definition) is 10. The molecule has 116 valence electrons. The molecule has 0 spiro atoms. The largest absolute Gasteiger partial charge is 0.394 e. The van der Waals surface area contributed by atoms with Crippen molar-refractivity contribution in [1.82, 2.24) is 9.97 Å². The van der Waals surface area contributed by atoms with Crippen LogP contribution in [0.4, 0.5) is 11.5 Å². The monoisotopic (exact) mass is 318 g/mol. The second-order valence-electron chi connectivity index (χ2n) is 4.24. The van der Waals surface area contributed by atoms with Crippen molar-refractivity contribution in [3.8, 4) is 0 Å². The van der Waals surface area contributed by atoms with Crippen LogP contribution in [0, 0.1) is 10.1 Å². The minimum atomic E-state index is -1.35. The van der Waals surface area contributed by atoms with Crippen molar-refractivity contribution >= 4 is 23.3 Å². The third kappa shape index (κ3) is 3.06. The molecule has 1 aliphatic heterocycles. The molecule has 0 radical (unpaired) electrons. The highest BCUT2D eigenvalue weighted by Crippen LogP contribution is 2.32. The third-order valence-electron chi connectivity index (χ3n) is 2.99. The zero-order valence-electron chi connectivity index (χ0n) is 10.9. The Labute approximate surface area is 123 Å². The van der Waals surface area contributed by atoms with Gasteiger partial charge in [-0.15, -0.1) is 11.8 Å². The molecular formula is C10H14N4O6S. The molecular weight excluding hydrogens is 304 g/mol. The van der Waals surface area contributed by atoms with Gasteiger partial charge in [0.25, 0.3) is 0 Å². The van der Waals surface area contributed by atoms with Crippen LogP contribution in [0.25, 0.3) is 0 Å². The number of nitrogens with one attached hydrogen (secondary N) is 1. The van der Waals surface area contributed by atoms with Crippen molar-refractivity contribution in [3.63, 3.8) is 0 Å². The molecule has 4 atom stereocenters. The molecule has 2 rings (SSSR count). The first-order chi connectivity index (χ1) is 9.99. The zero-order valence-corrected chi connectivity index (χ0v) is 11.7. The molecule has 0 aliphatic carbocycles. The highest BCUT2D eigenvalue weighted by molar-refractivity contribution is 7.98. The molecule has 0 unspecified atom stereocenters. The molecule has 1 aromatic heterocycles. The van der Waals surface area contributed by atoms with E-state index in [0.717, 1.165) is 18.1 Å². The van der Waals surface area contributed by atoms with Crippen LogP contribution in [-0.4, -0.2) is 67.6 Å². The van der Waals surface area contributed by atoms with Gasteiger partial charge in [-0.2, -0.15) is 0 Å². The Bertz CT molecular complexity index is 532. The molecule has 11 heteroatoms. The average molecular weight is 318 g/mol. The minimum absolute atomic E-state index is 0.130. The molecule has 0 bridgehead atoms. The summed E-state index contributed by atoms with van der Waals surface area (Å²) in [7, 11) is 0. The molecule has 1 saturated heterocycles. The van der Waals surface area contributed by atoms with Crippen LogP contribution in [0.1, 0.15) is 0 Å². The fraction of sp³-hybridized carbons (Fsp3) is 0.600. The summed E-state index contributed by atoms with van der Waals surface area (Å²) >= 11 is 1.08. The van der Waals surface area contributed by atoms with E-state index < -0.39 is 36.1 Å². The number of nitrogens with zero attached hydrogens (tertiary/aromatic N) is 3. The number of aromatic nitrogens is 2. The predicted molar refractivity (Wildman–Crippen MR) is 71.9 cm³/mol. The van der Waals surface area contributed by atoms with Gasteiger partial charge in [-0.1, -0.05) is 0 Å². The van der Waals surface area contributed by atoms with Gasteiger partial charge in [0.1, 0.15) is 24.6 Å². The number of aliphatic hydroxyl groups is 3. The number of thioether (sulfide) groups is 1. The van der Waals surface area contributed by atoms with Gasteiger partial charge in [-0.25, -0.2) is 9.97 Å². The number of ether oxygens (including phenoxy) is 1. The zero-order chi connectivity index (χ0) is 15.6. The summed E-state index contributed by atoms with van der Waals surface area (Å²) in [5.74, 6) is -0.130. The van der Waals surface area contributed by atoms with E-state index in [1.54, 1.807) is 6.26 Å². The summed E-state index contributed by atoms with van der Waals surface area (Å²) in [6, 6.07) is 0. The van der Waals surface area contributed by atoms with Crippen LogP contribution < -0.4 is 5.32 Å². The van der Waals surface area contributed by atoms with Crippen LogP contribution >= 0.6 is 11.8 Å². The Morgan fingerprint density at radius 1 is 1.48 bits per heavy atom. The summed E-state index contributed by atoms with van der Waals surface area (Å²) in [5, 5.41) is 42.3. The average Bonchev–Trinajstić information content (AvgIpc) is 2.74. The first-order valence-corrected chi connectivity index (χ1v) is 7.14. The predicted octanol–water partition coefficient (Wildman–Crippen LogP) is -1.04. The SMILES string of the molecule is CSc1ncnc(N[C@@H]2O[C@H](CO)[C@@H](O)[C@H]2O)c1[N+](=O)[O-]. The molecule has 0 aromatic carbocycles. The van der Waals surface area contributed by atoms with Crippen molar-refractivity contribution in [2.75, 3.05) is 18.2 Å². The van der Waals surface area contributed by atoms with E-state index in [2.05, 4.69) is 15.3 Å². The van der Waals surface area contributed by atoms with E-state index in [1.807, 2.05) is 0 Å². The number of anilines is 1. The summed E-state index contributed by atoms with van der Waals surface area (Å²) in [6.07, 6.45) is -1.98. The van der Waals surface area contributed by atoms with E-state index in [4.69, 9.17) is 9.84 Å². The van der Waals surface area contributed by atoms with Gasteiger partial charge in [0.2, 0.25) is 5.82 Å². The lowest BCUT2D eigenvalue weighted by molar-refractivity contribution is -0.387. The highest BCUT2D eigenvalue weighted by atomic mass is 32.2. The number of rotatable bonds is 5. The van der Waals surface area contributed by atoms with Crippen molar-refractivity contribution in [2.24, 2.45) is 0 Å². The quantitative estimate of drug-likeness (QED) is 0.229. The van der Waals surface area contributed by atoms with Crippen molar-refractivity contribution in [3.05, 3.63) is 16.4 Å². The Hall–Kier alpha value is -1.53. The summed E-state index contributed by atoms with van der Waals surface area (Å²) in [5.41, 5.74) is -0.345. The third-order valence-corrected chi connectivity index (χ3v) is 3.67. The Morgan fingerprint density at radius 2 is 2.19 bits per heavy atom. The van der Waals surface area contributed by atoms with Gasteiger partial charge in [0.15, 0.2) is 11.3 Å². The van der Waals surface area contributed by atoms with Gasteiger partial charge >= 0.3 is 5.69 Å². The standard InChI is InChI=1S/C10H14N4O6S/c1-21-10-5(14(18)19)8(11-3-12-10)13-9-7(17)6(16)4(2-15)20-9/h3-4,6-7,9,15-17H,2H2,1H3,(H,11,12,13)/t4-,6-,7-,9-/m1/s1. The van der Waals surface area contributed by atoms with Gasteiger partial charge in [-0.3, -0.25) is 10.1 Å². The molecule has 1 fully saturated rings. The van der Waals surface area contributed by atoms with Gasteiger partial charge in [-0.05, 0) is 6.26 Å². The topological polar surface area (TPSA) is 151 Å². The van der Waals surface area contributed by atoms with E-state index in [0.29, 0.717) is 0 Å². The molecule has 21 heavy (non-hydrogen) atoms. The summed E-state index contributed by atoms with van der Waals surface area (Å²) in [6.45, 7) is -0.488. The number of aliphatic hydroxyl groups excluding tert-OH is 3. The van der Waals surface area contributed by atoms with Gasteiger partial charge in [0.05, 0.1) is 11.5 Å². The maximum Gasteiger partial charge on any atom is 0.343 e. The molecule has 0 amide bonds. The first kappa shape index (κ1) is 15.9. The van der Waals surface area contributed by atoms with E-state index in [-0.39, 0.29) is 16.5 Å². The van der Waals surface area contributed by atoms with E-state index in [9.17, 15) is 20.3 Å². The van der Waals surface area contributed by atoms with Gasteiger partial charge < -0.3 is 25.4 Å². The van der Waals surface area contributed by atoms with Crippen LogP contribution in [0.15, 0.2) is 11.4 Å². The Morgan fingerprint density at radius 3 is 2.71 bits per heavy atom. The van der Waals surface area contributed by atoms with Gasteiger partial charge in [0, 0.05) is 0 Å². The Balaban J connectivity index is 2.26. The van der Waals surface area contributed by atoms with Crippen LogP contribution in [0.5, 0.6) is 0 Å². The Kier molecular flexibility index (Phi) is 4.90. The molecule has 1 aliphatic rings. The molecule has 4 N–H and O–H groups in total. The van der Waals surface area contributed by atoms with Crippen molar-refractivity contribution in [2.45, 2.75) is 29.6 Å². The highest BCUT2D eigenvalue weighted by Gasteiger charge is 2.43. The normalized spacial score (nSPS) is 28.6. The molecule has 1 aromatic rings. The lowest BCUT2D eigenvalue weighted by atomic mass is 10.1. The lowest BCUT2D eigenvalue weighted by Crippen LogP contribution is -2.36. The number of hydrogen-bond donors (Lipinski definition) is 4. The maximum atomic E-state index is 11.1. The van der Waals surface area contributed by atoms with Crippen molar-refractivity contribution < 1.29 is 25.0 Å². The minimum Gasteiger partial charge on any atom is -0.394 e. The summed E-state index contributed by atoms with van der Waals surface area (Å²) < 4.78 is 5.20. The summed E-state index contributed by atoms with van der Waals surface area (Å²) in [4.78, 5) is 18.0. The van der Waals surface area contributed by atoms with E-state index in [1.165, 1.54) is 0 Å². The first-order valence-electron chi connectivity index (χ1n) is 5.92. The van der Waals surface area contributed by atoms with Crippen LogP contribution in [0.2, 0.25) is 0 Å². The lowest BCUT2D eigenvalue weighted by Gasteiger charge is -2.17. The molecule has 10 nitrogen and oxygen atoms in total. The second kappa shape index (κ2) is 6.49. The smallest absolute Gasteiger partial charge is 0.343 e. The molecule has 2 heterocycles. The second-order valence-corrected chi connectivity index (χ2v) is 5.04. The van der Waals surface area contributed by atoms with Crippen LogP contribution in [0.3, 0.4) is 0 Å². The van der Waals surface area contributed by atoms with Crippen molar-refractivity contribution in [1.29, 1.82) is 0 Å². The fourth-order valence-corrected chi connectivity index (χ4v) is 2.45. The maximum absolute atomic E-state index is 11.1. The number of nitro groups is 1. The molecule has 0 saturated carbocycles.